The van der Waals surface area contributed by atoms with Gasteiger partial charge in [0.15, 0.2) is 11.5 Å². The second kappa shape index (κ2) is 5.07. The number of carbonyl (C=O) groups excluding carboxylic acids is 1. The number of hydrogen-bond donors (Lipinski definition) is 1. The van der Waals surface area contributed by atoms with E-state index in [1.807, 2.05) is 0 Å². The molecule has 98 valence electrons. The molecule has 0 amide bonds. The fourth-order valence-electron chi connectivity index (χ4n) is 1.68. The molecule has 0 saturated carbocycles. The van der Waals surface area contributed by atoms with E-state index in [4.69, 9.17) is 4.74 Å². The van der Waals surface area contributed by atoms with Crippen LogP contribution in [0.3, 0.4) is 0 Å². The van der Waals surface area contributed by atoms with Crippen LogP contribution in [0.1, 0.15) is 10.4 Å². The van der Waals surface area contributed by atoms with E-state index in [1.165, 1.54) is 19.2 Å². The van der Waals surface area contributed by atoms with Crippen LogP contribution in [0.4, 0.5) is 14.5 Å². The molecular weight excluding hydrogens is 248 g/mol. The summed E-state index contributed by atoms with van der Waals surface area (Å²) >= 11 is 0. The zero-order valence-electron chi connectivity index (χ0n) is 9.54. The minimum Gasteiger partial charge on any atom is -0.486 e. The van der Waals surface area contributed by atoms with Crippen LogP contribution in [0.5, 0.6) is 11.5 Å². The lowest BCUT2D eigenvalue weighted by atomic mass is 10.1. The number of ether oxygens (including phenoxy) is 3. The van der Waals surface area contributed by atoms with Crippen LogP contribution in [0.25, 0.3) is 0 Å². The SMILES string of the molecule is COC(=O)c1ccc(OC(F)F)c2c1NCCO2. The molecule has 7 heteroatoms. The lowest BCUT2D eigenvalue weighted by molar-refractivity contribution is -0.0514. The van der Waals surface area contributed by atoms with Gasteiger partial charge in [-0.25, -0.2) is 4.79 Å². The van der Waals surface area contributed by atoms with Crippen LogP contribution in [0, 0.1) is 0 Å². The van der Waals surface area contributed by atoms with Crippen LogP contribution in [0.2, 0.25) is 0 Å². The molecule has 1 aliphatic heterocycles. The van der Waals surface area contributed by atoms with Gasteiger partial charge in [0, 0.05) is 6.54 Å². The summed E-state index contributed by atoms with van der Waals surface area (Å²) in [5.41, 5.74) is 0.528. The summed E-state index contributed by atoms with van der Waals surface area (Å²) < 4.78 is 38.6. The molecule has 0 aromatic heterocycles. The molecule has 0 atom stereocenters. The maximum absolute atomic E-state index is 12.2. The first kappa shape index (κ1) is 12.4. The third-order valence-corrected chi connectivity index (χ3v) is 2.39. The van der Waals surface area contributed by atoms with Crippen LogP contribution in [-0.4, -0.2) is 32.8 Å². The molecule has 0 spiro atoms. The highest BCUT2D eigenvalue weighted by molar-refractivity contribution is 5.98. The van der Waals surface area contributed by atoms with Crippen LogP contribution in [-0.2, 0) is 4.74 Å². The van der Waals surface area contributed by atoms with E-state index in [1.54, 1.807) is 0 Å². The number of carbonyl (C=O) groups is 1. The van der Waals surface area contributed by atoms with Gasteiger partial charge in [-0.3, -0.25) is 0 Å². The van der Waals surface area contributed by atoms with Crippen LogP contribution in [0.15, 0.2) is 12.1 Å². The number of hydrogen-bond acceptors (Lipinski definition) is 5. The zero-order valence-corrected chi connectivity index (χ0v) is 9.54. The van der Waals surface area contributed by atoms with Crippen molar-refractivity contribution in [1.82, 2.24) is 0 Å². The lowest BCUT2D eigenvalue weighted by Gasteiger charge is -2.23. The molecule has 2 rings (SSSR count). The number of halogens is 2. The van der Waals surface area contributed by atoms with Gasteiger partial charge < -0.3 is 19.5 Å². The molecule has 0 unspecified atom stereocenters. The standard InChI is InChI=1S/C11H11F2NO4/c1-16-10(15)6-2-3-7(18-11(12)13)9-8(6)14-4-5-17-9/h2-3,11,14H,4-5H2,1H3. The number of methoxy groups -OCH3 is 1. The van der Waals surface area contributed by atoms with Crippen molar-refractivity contribution in [3.63, 3.8) is 0 Å². The third kappa shape index (κ3) is 2.29. The average molecular weight is 259 g/mol. The minimum absolute atomic E-state index is 0.101. The Morgan fingerprint density at radius 3 is 2.94 bits per heavy atom. The Balaban J connectivity index is 2.45. The highest BCUT2D eigenvalue weighted by atomic mass is 19.3. The van der Waals surface area contributed by atoms with Crippen molar-refractivity contribution in [3.05, 3.63) is 17.7 Å². The topological polar surface area (TPSA) is 56.8 Å². The Hall–Kier alpha value is -2.05. The number of fused-ring (bicyclic) bond motifs is 1. The zero-order chi connectivity index (χ0) is 13.1. The monoisotopic (exact) mass is 259 g/mol. The third-order valence-electron chi connectivity index (χ3n) is 2.39. The van der Waals surface area contributed by atoms with Gasteiger partial charge in [-0.2, -0.15) is 8.78 Å². The largest absolute Gasteiger partial charge is 0.486 e. The summed E-state index contributed by atoms with van der Waals surface area (Å²) in [6.07, 6.45) is 0. The van der Waals surface area contributed by atoms with Gasteiger partial charge in [0.2, 0.25) is 0 Å². The Kier molecular flexibility index (Phi) is 3.50. The van der Waals surface area contributed by atoms with Crippen molar-refractivity contribution in [3.8, 4) is 11.5 Å². The summed E-state index contributed by atoms with van der Waals surface area (Å²) in [5.74, 6) is -0.586. The fourth-order valence-corrected chi connectivity index (χ4v) is 1.68. The first-order chi connectivity index (χ1) is 8.63. The van der Waals surface area contributed by atoms with Gasteiger partial charge in [0.05, 0.1) is 18.4 Å². The number of nitrogens with one attached hydrogen (secondary N) is 1. The molecule has 1 aromatic carbocycles. The Bertz CT molecular complexity index is 465. The number of benzene rings is 1. The van der Waals surface area contributed by atoms with Crippen molar-refractivity contribution in [2.24, 2.45) is 0 Å². The molecular formula is C11H11F2NO4. The molecule has 5 nitrogen and oxygen atoms in total. The van der Waals surface area contributed by atoms with Crippen molar-refractivity contribution >= 4 is 11.7 Å². The molecule has 18 heavy (non-hydrogen) atoms. The normalized spacial score (nSPS) is 13.3. The van der Waals surface area contributed by atoms with Crippen LogP contribution >= 0.6 is 0 Å². The maximum Gasteiger partial charge on any atom is 0.387 e. The predicted molar refractivity (Wildman–Crippen MR) is 58.4 cm³/mol. The predicted octanol–water partition coefficient (Wildman–Crippen LogP) is 1.88. The van der Waals surface area contributed by atoms with Crippen molar-refractivity contribution < 1.29 is 27.8 Å². The minimum atomic E-state index is -2.95. The molecule has 1 aliphatic rings. The number of rotatable bonds is 3. The molecule has 1 aromatic rings. The molecule has 0 bridgehead atoms. The number of esters is 1. The molecule has 0 radical (unpaired) electrons. The smallest absolute Gasteiger partial charge is 0.387 e. The van der Waals surface area contributed by atoms with E-state index >= 15 is 0 Å². The Morgan fingerprint density at radius 1 is 1.50 bits per heavy atom. The second-order valence-electron chi connectivity index (χ2n) is 3.46. The highest BCUT2D eigenvalue weighted by Gasteiger charge is 2.24. The molecule has 0 saturated heterocycles. The fraction of sp³-hybridized carbons (Fsp3) is 0.364. The summed E-state index contributed by atoms with van der Waals surface area (Å²) in [5, 5.41) is 2.91. The van der Waals surface area contributed by atoms with E-state index in [0.717, 1.165) is 0 Å². The Morgan fingerprint density at radius 2 is 2.28 bits per heavy atom. The maximum atomic E-state index is 12.2. The summed E-state index contributed by atoms with van der Waals surface area (Å²) in [6, 6.07) is 2.61. The van der Waals surface area contributed by atoms with Gasteiger partial charge >= 0.3 is 12.6 Å². The van der Waals surface area contributed by atoms with Gasteiger partial charge in [-0.1, -0.05) is 0 Å². The number of anilines is 1. The first-order valence-electron chi connectivity index (χ1n) is 5.20. The van der Waals surface area contributed by atoms with Gasteiger partial charge in [-0.05, 0) is 12.1 Å². The van der Waals surface area contributed by atoms with Crippen molar-refractivity contribution in [2.75, 3.05) is 25.6 Å². The molecule has 0 fully saturated rings. The summed E-state index contributed by atoms with van der Waals surface area (Å²) in [6.45, 7) is -2.18. The molecule has 0 aliphatic carbocycles. The number of alkyl halides is 2. The van der Waals surface area contributed by atoms with E-state index in [-0.39, 0.29) is 17.1 Å². The summed E-state index contributed by atoms with van der Waals surface area (Å²) in [7, 11) is 1.24. The highest BCUT2D eigenvalue weighted by Crippen LogP contribution is 2.40. The first-order valence-corrected chi connectivity index (χ1v) is 5.20. The van der Waals surface area contributed by atoms with Crippen molar-refractivity contribution in [2.45, 2.75) is 6.61 Å². The second-order valence-corrected chi connectivity index (χ2v) is 3.46. The molecule has 1 N–H and O–H groups in total. The Labute approximate surface area is 102 Å². The van der Waals surface area contributed by atoms with E-state index in [9.17, 15) is 13.6 Å². The lowest BCUT2D eigenvalue weighted by Crippen LogP contribution is -2.21. The van der Waals surface area contributed by atoms with Gasteiger partial charge in [0.25, 0.3) is 0 Å². The van der Waals surface area contributed by atoms with Gasteiger partial charge in [0.1, 0.15) is 6.61 Å². The summed E-state index contributed by atoms with van der Waals surface area (Å²) in [4.78, 5) is 11.5. The van der Waals surface area contributed by atoms with E-state index in [2.05, 4.69) is 14.8 Å². The van der Waals surface area contributed by atoms with E-state index < -0.39 is 12.6 Å². The van der Waals surface area contributed by atoms with Crippen molar-refractivity contribution in [1.29, 1.82) is 0 Å². The average Bonchev–Trinajstić information content (AvgIpc) is 2.38. The quantitative estimate of drug-likeness (QED) is 0.840. The van der Waals surface area contributed by atoms with Gasteiger partial charge in [-0.15, -0.1) is 0 Å². The molecule has 1 heterocycles. The van der Waals surface area contributed by atoms with Crippen LogP contribution < -0.4 is 14.8 Å². The van der Waals surface area contributed by atoms with E-state index in [0.29, 0.717) is 18.8 Å².